The van der Waals surface area contributed by atoms with Crippen molar-refractivity contribution < 1.29 is 0 Å². The van der Waals surface area contributed by atoms with Gasteiger partial charge in [-0.15, -0.1) is 0 Å². The van der Waals surface area contributed by atoms with E-state index in [1.807, 2.05) is 12.1 Å². The molecular formula is C13H15N3. The number of nitriles is 1. The maximum Gasteiger partial charge on any atom is 0.0635 e. The van der Waals surface area contributed by atoms with Crippen molar-refractivity contribution in [2.45, 2.75) is 19.9 Å². The third kappa shape index (κ3) is 2.07. The standard InChI is InChI=1S/C13H15N3/c1-10-12(9-15-8-4-7-14)11-5-2-3-6-13(11)16-10/h2-3,5-6,15-16H,4,8-9H2,1H3. The molecule has 1 aromatic heterocycles. The van der Waals surface area contributed by atoms with E-state index in [9.17, 15) is 0 Å². The molecule has 0 bridgehead atoms. The van der Waals surface area contributed by atoms with Crippen LogP contribution in [0.25, 0.3) is 10.9 Å². The normalized spacial score (nSPS) is 10.5. The molecule has 0 fully saturated rings. The molecule has 82 valence electrons. The van der Waals surface area contributed by atoms with E-state index in [0.29, 0.717) is 6.42 Å². The minimum atomic E-state index is 0.557. The molecule has 16 heavy (non-hydrogen) atoms. The van der Waals surface area contributed by atoms with Gasteiger partial charge in [-0.2, -0.15) is 5.26 Å². The van der Waals surface area contributed by atoms with Gasteiger partial charge in [-0.05, 0) is 18.6 Å². The van der Waals surface area contributed by atoms with Crippen LogP contribution in [-0.4, -0.2) is 11.5 Å². The Morgan fingerprint density at radius 2 is 2.19 bits per heavy atom. The number of aryl methyl sites for hydroxylation is 1. The summed E-state index contributed by atoms with van der Waals surface area (Å²) in [6, 6.07) is 10.4. The average molecular weight is 213 g/mol. The molecule has 2 aromatic rings. The van der Waals surface area contributed by atoms with E-state index < -0.39 is 0 Å². The van der Waals surface area contributed by atoms with E-state index in [0.717, 1.165) is 13.1 Å². The number of benzene rings is 1. The predicted octanol–water partition coefficient (Wildman–Crippen LogP) is 2.48. The summed E-state index contributed by atoms with van der Waals surface area (Å²) < 4.78 is 0. The predicted molar refractivity (Wildman–Crippen MR) is 65.0 cm³/mol. The number of hydrogen-bond acceptors (Lipinski definition) is 2. The van der Waals surface area contributed by atoms with Gasteiger partial charge in [0.05, 0.1) is 6.07 Å². The first kappa shape index (κ1) is 10.7. The van der Waals surface area contributed by atoms with E-state index >= 15 is 0 Å². The minimum Gasteiger partial charge on any atom is -0.358 e. The van der Waals surface area contributed by atoms with E-state index in [1.54, 1.807) is 0 Å². The highest BCUT2D eigenvalue weighted by Gasteiger charge is 2.06. The molecule has 2 rings (SSSR count). The maximum absolute atomic E-state index is 8.45. The van der Waals surface area contributed by atoms with Gasteiger partial charge in [-0.1, -0.05) is 18.2 Å². The summed E-state index contributed by atoms with van der Waals surface area (Å²) in [5.74, 6) is 0. The Labute approximate surface area is 95.1 Å². The monoisotopic (exact) mass is 213 g/mol. The van der Waals surface area contributed by atoms with Crippen molar-refractivity contribution in [1.82, 2.24) is 10.3 Å². The topological polar surface area (TPSA) is 51.6 Å². The molecule has 0 atom stereocenters. The fourth-order valence-corrected chi connectivity index (χ4v) is 1.92. The third-order valence-corrected chi connectivity index (χ3v) is 2.74. The van der Waals surface area contributed by atoms with Crippen LogP contribution in [0.2, 0.25) is 0 Å². The lowest BCUT2D eigenvalue weighted by molar-refractivity contribution is 0.699. The summed E-state index contributed by atoms with van der Waals surface area (Å²) in [6.45, 7) is 3.65. The molecule has 0 unspecified atom stereocenters. The summed E-state index contributed by atoms with van der Waals surface area (Å²) in [5.41, 5.74) is 3.68. The lowest BCUT2D eigenvalue weighted by Crippen LogP contribution is -2.14. The molecule has 0 amide bonds. The molecule has 0 aliphatic carbocycles. The lowest BCUT2D eigenvalue weighted by Gasteiger charge is -2.02. The Balaban J connectivity index is 2.17. The second-order valence-corrected chi connectivity index (χ2v) is 3.86. The minimum absolute atomic E-state index is 0.557. The molecule has 0 saturated carbocycles. The van der Waals surface area contributed by atoms with Gasteiger partial charge in [0.1, 0.15) is 0 Å². The first-order chi connectivity index (χ1) is 7.83. The zero-order chi connectivity index (χ0) is 11.4. The van der Waals surface area contributed by atoms with Crippen LogP contribution in [-0.2, 0) is 6.54 Å². The van der Waals surface area contributed by atoms with Crippen molar-refractivity contribution in [2.24, 2.45) is 0 Å². The lowest BCUT2D eigenvalue weighted by atomic mass is 10.1. The maximum atomic E-state index is 8.45. The number of aromatic amines is 1. The summed E-state index contributed by atoms with van der Waals surface area (Å²) in [4.78, 5) is 3.36. The van der Waals surface area contributed by atoms with Gasteiger partial charge in [-0.25, -0.2) is 0 Å². The van der Waals surface area contributed by atoms with Gasteiger partial charge in [0.2, 0.25) is 0 Å². The van der Waals surface area contributed by atoms with E-state index in [2.05, 4.69) is 35.4 Å². The molecule has 0 radical (unpaired) electrons. The van der Waals surface area contributed by atoms with Gasteiger partial charge in [-0.3, -0.25) is 0 Å². The molecule has 0 saturated heterocycles. The van der Waals surface area contributed by atoms with Crippen molar-refractivity contribution >= 4 is 10.9 Å². The Hall–Kier alpha value is -1.79. The fourth-order valence-electron chi connectivity index (χ4n) is 1.92. The third-order valence-electron chi connectivity index (χ3n) is 2.74. The highest BCUT2D eigenvalue weighted by atomic mass is 14.9. The zero-order valence-corrected chi connectivity index (χ0v) is 9.38. The number of H-pyrrole nitrogens is 1. The van der Waals surface area contributed by atoms with Crippen molar-refractivity contribution in [3.8, 4) is 6.07 Å². The number of rotatable bonds is 4. The van der Waals surface area contributed by atoms with Crippen LogP contribution in [0.1, 0.15) is 17.7 Å². The van der Waals surface area contributed by atoms with E-state index in [4.69, 9.17) is 5.26 Å². The van der Waals surface area contributed by atoms with Crippen molar-refractivity contribution in [3.05, 3.63) is 35.5 Å². The SMILES string of the molecule is Cc1[nH]c2ccccc2c1CNCCC#N. The number of aromatic nitrogens is 1. The average Bonchev–Trinajstić information content (AvgIpc) is 2.61. The first-order valence-corrected chi connectivity index (χ1v) is 5.47. The van der Waals surface area contributed by atoms with Gasteiger partial charge < -0.3 is 10.3 Å². The highest BCUT2D eigenvalue weighted by molar-refractivity contribution is 5.84. The van der Waals surface area contributed by atoms with Crippen molar-refractivity contribution in [1.29, 1.82) is 5.26 Å². The second kappa shape index (κ2) is 4.82. The number of hydrogen-bond donors (Lipinski definition) is 2. The summed E-state index contributed by atoms with van der Waals surface area (Å²) in [7, 11) is 0. The van der Waals surface area contributed by atoms with E-state index in [1.165, 1.54) is 22.2 Å². The molecule has 3 heteroatoms. The Morgan fingerprint density at radius 1 is 1.38 bits per heavy atom. The molecular weight excluding hydrogens is 198 g/mol. The molecule has 1 aromatic carbocycles. The molecule has 1 heterocycles. The molecule has 3 nitrogen and oxygen atoms in total. The zero-order valence-electron chi connectivity index (χ0n) is 9.38. The van der Waals surface area contributed by atoms with Crippen molar-refractivity contribution in [2.75, 3.05) is 6.54 Å². The van der Waals surface area contributed by atoms with Crippen molar-refractivity contribution in [3.63, 3.8) is 0 Å². The van der Waals surface area contributed by atoms with Crippen LogP contribution in [0.3, 0.4) is 0 Å². The van der Waals surface area contributed by atoms with Crippen LogP contribution in [0.4, 0.5) is 0 Å². The van der Waals surface area contributed by atoms with Gasteiger partial charge in [0.25, 0.3) is 0 Å². The quantitative estimate of drug-likeness (QED) is 0.766. The second-order valence-electron chi connectivity index (χ2n) is 3.86. The molecule has 0 spiro atoms. The first-order valence-electron chi connectivity index (χ1n) is 5.47. The number of nitrogens with zero attached hydrogens (tertiary/aromatic N) is 1. The molecule has 0 aliphatic rings. The van der Waals surface area contributed by atoms with Crippen LogP contribution < -0.4 is 5.32 Å². The van der Waals surface area contributed by atoms with Crippen LogP contribution in [0, 0.1) is 18.3 Å². The largest absolute Gasteiger partial charge is 0.358 e. The van der Waals surface area contributed by atoms with Gasteiger partial charge in [0, 0.05) is 36.1 Å². The molecule has 0 aliphatic heterocycles. The van der Waals surface area contributed by atoms with Crippen LogP contribution in [0.15, 0.2) is 24.3 Å². The number of fused-ring (bicyclic) bond motifs is 1. The Kier molecular flexibility index (Phi) is 3.23. The Bertz CT molecular complexity index is 519. The fraction of sp³-hybridized carbons (Fsp3) is 0.308. The number of nitrogens with one attached hydrogen (secondary N) is 2. The van der Waals surface area contributed by atoms with Crippen LogP contribution >= 0.6 is 0 Å². The summed E-state index contributed by atoms with van der Waals surface area (Å²) >= 11 is 0. The molecule has 2 N–H and O–H groups in total. The Morgan fingerprint density at radius 3 is 3.00 bits per heavy atom. The van der Waals surface area contributed by atoms with E-state index in [-0.39, 0.29) is 0 Å². The summed E-state index contributed by atoms with van der Waals surface area (Å²) in [6.07, 6.45) is 0.557. The summed E-state index contributed by atoms with van der Waals surface area (Å²) in [5, 5.41) is 13.0. The smallest absolute Gasteiger partial charge is 0.0635 e. The highest BCUT2D eigenvalue weighted by Crippen LogP contribution is 2.21. The van der Waals surface area contributed by atoms with Gasteiger partial charge in [0.15, 0.2) is 0 Å². The van der Waals surface area contributed by atoms with Crippen LogP contribution in [0.5, 0.6) is 0 Å². The van der Waals surface area contributed by atoms with Gasteiger partial charge >= 0.3 is 0 Å². The number of para-hydroxylation sites is 1.